The van der Waals surface area contributed by atoms with Gasteiger partial charge >= 0.3 is 0 Å². The Morgan fingerprint density at radius 3 is 2.69 bits per heavy atom. The fraction of sp³-hybridized carbons (Fsp3) is 0.316. The maximum Gasteiger partial charge on any atom is 0.187 e. The summed E-state index contributed by atoms with van der Waals surface area (Å²) in [7, 11) is 0. The minimum atomic E-state index is -0.389. The van der Waals surface area contributed by atoms with E-state index >= 15 is 0 Å². The predicted molar refractivity (Wildman–Crippen MR) is 111 cm³/mol. The Kier molecular flexibility index (Phi) is 7.78. The highest BCUT2D eigenvalue weighted by Gasteiger charge is 2.14. The second kappa shape index (κ2) is 9.83. The van der Waals surface area contributed by atoms with Gasteiger partial charge in [0.25, 0.3) is 0 Å². The van der Waals surface area contributed by atoms with Gasteiger partial charge in [0.15, 0.2) is 11.0 Å². The number of rotatable bonds is 5. The Bertz CT molecular complexity index is 889. The zero-order valence-corrected chi connectivity index (χ0v) is 17.7. The lowest BCUT2D eigenvalue weighted by Crippen LogP contribution is -2.09. The molecule has 3 rings (SSSR count). The molecular weight excluding hydrogens is 415 g/mol. The fourth-order valence-corrected chi connectivity index (χ4v) is 3.19. The number of hydrogen-bond acceptors (Lipinski definition) is 5. The number of fused-ring (bicyclic) bond motifs is 1. The number of anilines is 1. The highest BCUT2D eigenvalue weighted by Crippen LogP contribution is 2.25. The molecule has 1 aromatic carbocycles. The summed E-state index contributed by atoms with van der Waals surface area (Å²) in [6.07, 6.45) is 4.33. The average molecular weight is 437 g/mol. The van der Waals surface area contributed by atoms with Crippen LogP contribution in [0.4, 0.5) is 10.2 Å². The van der Waals surface area contributed by atoms with Gasteiger partial charge in [-0.05, 0) is 37.3 Å². The number of benzene rings is 1. The Hall–Kier alpha value is -1.73. The molecule has 0 radical (unpaired) electrons. The minimum absolute atomic E-state index is 0.312. The first-order valence-corrected chi connectivity index (χ1v) is 10.5. The first kappa shape index (κ1) is 20.6. The molecule has 0 aliphatic carbocycles. The van der Waals surface area contributed by atoms with Crippen LogP contribution in [0.25, 0.3) is 10.9 Å². The zero-order chi connectivity index (χ0) is 19.1. The van der Waals surface area contributed by atoms with Crippen LogP contribution in [0.1, 0.15) is 25.1 Å². The van der Waals surface area contributed by atoms with E-state index in [1.807, 2.05) is 32.2 Å². The molecule has 3 aromatic rings. The predicted octanol–water partition coefficient (Wildman–Crippen LogP) is 5.64. The second-order valence-corrected chi connectivity index (χ2v) is 6.97. The van der Waals surface area contributed by atoms with E-state index in [0.717, 1.165) is 10.9 Å². The van der Waals surface area contributed by atoms with Gasteiger partial charge in [-0.15, -0.1) is 0 Å². The monoisotopic (exact) mass is 436 g/mol. The number of thioether (sulfide) groups is 1. The van der Waals surface area contributed by atoms with Crippen molar-refractivity contribution in [2.75, 3.05) is 18.1 Å². The van der Waals surface area contributed by atoms with E-state index in [2.05, 4.69) is 48.3 Å². The summed E-state index contributed by atoms with van der Waals surface area (Å²) in [5.41, 5.74) is 1.85. The number of nitrogens with one attached hydrogen (secondary N) is 1. The Morgan fingerprint density at radius 2 is 2.00 bits per heavy atom. The third-order valence-corrected chi connectivity index (χ3v) is 4.66. The third-order valence-electron chi connectivity index (χ3n) is 3.60. The lowest BCUT2D eigenvalue weighted by atomic mass is 10.1. The number of hydrogen-bond donors (Lipinski definition) is 1. The van der Waals surface area contributed by atoms with Gasteiger partial charge in [0.1, 0.15) is 11.3 Å². The zero-order valence-electron chi connectivity index (χ0n) is 15.3. The van der Waals surface area contributed by atoms with Crippen LogP contribution >= 0.6 is 27.7 Å². The number of aromatic nitrogens is 3. The van der Waals surface area contributed by atoms with Crippen molar-refractivity contribution in [3.63, 3.8) is 0 Å². The van der Waals surface area contributed by atoms with Crippen molar-refractivity contribution in [2.45, 2.75) is 32.3 Å². The van der Waals surface area contributed by atoms with Crippen LogP contribution in [0.2, 0.25) is 0 Å². The van der Waals surface area contributed by atoms with Gasteiger partial charge in [0.05, 0.1) is 11.1 Å². The SMILES string of the molecule is CC.CSc1ncc2c(NCCc3cccc(Br)c3)nc(C)c(F)c2n1. The topological polar surface area (TPSA) is 50.7 Å². The molecule has 0 amide bonds. The summed E-state index contributed by atoms with van der Waals surface area (Å²) in [4.78, 5) is 12.8. The van der Waals surface area contributed by atoms with E-state index in [1.165, 1.54) is 17.3 Å². The quantitative estimate of drug-likeness (QED) is 0.414. The van der Waals surface area contributed by atoms with E-state index in [1.54, 1.807) is 13.1 Å². The molecule has 0 aliphatic rings. The molecule has 0 aliphatic heterocycles. The van der Waals surface area contributed by atoms with Crippen molar-refractivity contribution in [3.8, 4) is 0 Å². The van der Waals surface area contributed by atoms with E-state index < -0.39 is 0 Å². The Labute approximate surface area is 166 Å². The van der Waals surface area contributed by atoms with Crippen LogP contribution in [0.5, 0.6) is 0 Å². The summed E-state index contributed by atoms with van der Waals surface area (Å²) >= 11 is 4.86. The summed E-state index contributed by atoms with van der Waals surface area (Å²) in [5.74, 6) is 0.229. The van der Waals surface area contributed by atoms with Crippen molar-refractivity contribution < 1.29 is 4.39 Å². The van der Waals surface area contributed by atoms with Crippen molar-refractivity contribution in [2.24, 2.45) is 0 Å². The molecule has 2 heterocycles. The van der Waals surface area contributed by atoms with Crippen LogP contribution in [0.15, 0.2) is 40.1 Å². The van der Waals surface area contributed by atoms with Crippen molar-refractivity contribution in [1.29, 1.82) is 0 Å². The number of aryl methyl sites for hydroxylation is 1. The minimum Gasteiger partial charge on any atom is -0.369 e. The summed E-state index contributed by atoms with van der Waals surface area (Å²) in [6, 6.07) is 8.15. The molecule has 0 atom stereocenters. The lowest BCUT2D eigenvalue weighted by Gasteiger charge is -2.11. The van der Waals surface area contributed by atoms with E-state index in [9.17, 15) is 4.39 Å². The molecule has 138 valence electrons. The number of nitrogens with zero attached hydrogens (tertiary/aromatic N) is 3. The molecule has 0 spiro atoms. The Balaban J connectivity index is 0.00000117. The third kappa shape index (κ3) is 4.92. The van der Waals surface area contributed by atoms with E-state index in [4.69, 9.17) is 0 Å². The van der Waals surface area contributed by atoms with Gasteiger partial charge in [-0.2, -0.15) is 0 Å². The maximum absolute atomic E-state index is 14.3. The molecule has 0 unspecified atom stereocenters. The summed E-state index contributed by atoms with van der Waals surface area (Å²) < 4.78 is 15.4. The van der Waals surface area contributed by atoms with Crippen LogP contribution < -0.4 is 5.32 Å². The van der Waals surface area contributed by atoms with Crippen molar-refractivity contribution in [3.05, 3.63) is 52.0 Å². The highest BCUT2D eigenvalue weighted by atomic mass is 79.9. The molecule has 4 nitrogen and oxygen atoms in total. The van der Waals surface area contributed by atoms with Gasteiger partial charge in [0.2, 0.25) is 0 Å². The largest absolute Gasteiger partial charge is 0.369 e. The summed E-state index contributed by atoms with van der Waals surface area (Å²) in [5, 5.41) is 4.43. The maximum atomic E-state index is 14.3. The highest BCUT2D eigenvalue weighted by molar-refractivity contribution is 9.10. The van der Waals surface area contributed by atoms with Crippen LogP contribution in [0.3, 0.4) is 0 Å². The smallest absolute Gasteiger partial charge is 0.187 e. The second-order valence-electron chi connectivity index (χ2n) is 5.29. The first-order valence-electron chi connectivity index (χ1n) is 8.43. The van der Waals surface area contributed by atoms with Crippen molar-refractivity contribution >= 4 is 44.4 Å². The molecule has 0 saturated heterocycles. The van der Waals surface area contributed by atoms with E-state index in [-0.39, 0.29) is 5.82 Å². The van der Waals surface area contributed by atoms with Gasteiger partial charge in [-0.3, -0.25) is 0 Å². The standard InChI is InChI=1S/C17H16BrFN4S.C2H6/c1-10-14(19)15-13(9-21-17(23-15)24-2)16(22-10)20-7-6-11-4-3-5-12(18)8-11;1-2/h3-5,8-9H,6-7H2,1-2H3,(H,20,22);1-2H3. The molecule has 0 saturated carbocycles. The molecule has 0 fully saturated rings. The molecule has 0 bridgehead atoms. The summed E-state index contributed by atoms with van der Waals surface area (Å²) in [6.45, 7) is 6.34. The van der Waals surface area contributed by atoms with Gasteiger partial charge in [-0.25, -0.2) is 19.3 Å². The van der Waals surface area contributed by atoms with Gasteiger partial charge < -0.3 is 5.32 Å². The van der Waals surface area contributed by atoms with Gasteiger partial charge in [-0.1, -0.05) is 53.7 Å². The van der Waals surface area contributed by atoms with Gasteiger partial charge in [0, 0.05) is 17.2 Å². The Morgan fingerprint density at radius 1 is 1.23 bits per heavy atom. The molecule has 7 heteroatoms. The normalized spacial score (nSPS) is 10.4. The molecule has 26 heavy (non-hydrogen) atoms. The lowest BCUT2D eigenvalue weighted by molar-refractivity contribution is 0.618. The number of pyridine rings is 1. The van der Waals surface area contributed by atoms with Crippen LogP contribution in [-0.2, 0) is 6.42 Å². The van der Waals surface area contributed by atoms with Crippen molar-refractivity contribution in [1.82, 2.24) is 15.0 Å². The van der Waals surface area contributed by atoms with E-state index in [0.29, 0.717) is 34.1 Å². The number of halogens is 2. The first-order chi connectivity index (χ1) is 12.6. The fourth-order valence-electron chi connectivity index (χ4n) is 2.41. The van der Waals surface area contributed by atoms with Crippen LogP contribution in [-0.4, -0.2) is 27.8 Å². The average Bonchev–Trinajstić information content (AvgIpc) is 2.67. The molecule has 1 N–H and O–H groups in total. The molecular formula is C19H22BrFN4S. The van der Waals surface area contributed by atoms with Crippen LogP contribution in [0, 0.1) is 12.7 Å². The molecule has 2 aromatic heterocycles.